The van der Waals surface area contributed by atoms with Crippen LogP contribution in [0.25, 0.3) is 11.4 Å². The molecule has 3 rings (SSSR count). The summed E-state index contributed by atoms with van der Waals surface area (Å²) in [4.78, 5) is 4.39. The minimum absolute atomic E-state index is 0.744. The summed E-state index contributed by atoms with van der Waals surface area (Å²) in [5.74, 6) is 0.772. The van der Waals surface area contributed by atoms with E-state index in [2.05, 4.69) is 91.7 Å². The van der Waals surface area contributed by atoms with Crippen LogP contribution >= 0.6 is 45.2 Å². The van der Waals surface area contributed by atoms with Crippen LogP contribution in [-0.2, 0) is 6.54 Å². The Balaban J connectivity index is 1.82. The van der Waals surface area contributed by atoms with Crippen molar-refractivity contribution in [2.24, 2.45) is 0 Å². The molecule has 2 aromatic carbocycles. The normalized spacial score (nSPS) is 10.7. The van der Waals surface area contributed by atoms with Gasteiger partial charge in [-0.25, -0.2) is 9.67 Å². The van der Waals surface area contributed by atoms with Gasteiger partial charge in [0.1, 0.15) is 6.33 Å². The van der Waals surface area contributed by atoms with Crippen molar-refractivity contribution in [3.8, 4) is 11.4 Å². The maximum absolute atomic E-state index is 4.54. The van der Waals surface area contributed by atoms with Crippen molar-refractivity contribution in [3.63, 3.8) is 0 Å². The number of nitrogens with zero attached hydrogens (tertiary/aromatic N) is 3. The topological polar surface area (TPSA) is 30.7 Å². The molecule has 3 nitrogen and oxygen atoms in total. The molecule has 0 aliphatic rings. The fourth-order valence-corrected chi connectivity index (χ4v) is 2.81. The lowest BCUT2D eigenvalue weighted by Gasteiger charge is -2.01. The van der Waals surface area contributed by atoms with Crippen LogP contribution in [0.1, 0.15) is 5.56 Å². The second-order valence-electron chi connectivity index (χ2n) is 4.40. The second-order valence-corrected chi connectivity index (χ2v) is 6.89. The molecule has 20 heavy (non-hydrogen) atoms. The fourth-order valence-electron chi connectivity index (χ4n) is 1.91. The van der Waals surface area contributed by atoms with Gasteiger partial charge >= 0.3 is 0 Å². The Kier molecular flexibility index (Phi) is 4.35. The molecule has 0 saturated heterocycles. The molecule has 5 heteroatoms. The van der Waals surface area contributed by atoms with Gasteiger partial charge in [0.2, 0.25) is 0 Å². The van der Waals surface area contributed by atoms with E-state index in [0.717, 1.165) is 17.9 Å². The lowest BCUT2D eigenvalue weighted by Crippen LogP contribution is -2.00. The molecule has 0 aliphatic heterocycles. The van der Waals surface area contributed by atoms with E-state index >= 15 is 0 Å². The molecular formula is C15H11I2N3. The molecular weight excluding hydrogens is 476 g/mol. The van der Waals surface area contributed by atoms with Crippen LogP contribution in [-0.4, -0.2) is 14.8 Å². The first kappa shape index (κ1) is 14.0. The Hall–Kier alpha value is -0.960. The van der Waals surface area contributed by atoms with Crippen LogP contribution in [0.15, 0.2) is 54.9 Å². The number of halogens is 2. The van der Waals surface area contributed by atoms with Gasteiger partial charge in [-0.05, 0) is 75.0 Å². The molecule has 0 fully saturated rings. The Morgan fingerprint density at radius 2 is 1.75 bits per heavy atom. The van der Waals surface area contributed by atoms with Gasteiger partial charge in [-0.3, -0.25) is 0 Å². The molecule has 0 N–H and O–H groups in total. The molecule has 100 valence electrons. The van der Waals surface area contributed by atoms with Crippen LogP contribution in [0, 0.1) is 7.14 Å². The summed E-state index contributed by atoms with van der Waals surface area (Å²) in [6.45, 7) is 0.744. The van der Waals surface area contributed by atoms with Crippen molar-refractivity contribution in [1.82, 2.24) is 14.8 Å². The van der Waals surface area contributed by atoms with E-state index in [-0.39, 0.29) is 0 Å². The molecule has 0 atom stereocenters. The maximum atomic E-state index is 4.54. The highest BCUT2D eigenvalue weighted by molar-refractivity contribution is 14.1. The number of aromatic nitrogens is 3. The minimum atomic E-state index is 0.744. The summed E-state index contributed by atoms with van der Waals surface area (Å²) < 4.78 is 4.30. The van der Waals surface area contributed by atoms with Crippen LogP contribution in [0.4, 0.5) is 0 Å². The molecule has 0 amide bonds. The zero-order valence-corrected chi connectivity index (χ0v) is 14.8. The van der Waals surface area contributed by atoms with E-state index in [4.69, 9.17) is 0 Å². The maximum Gasteiger partial charge on any atom is 0.181 e. The molecule has 1 heterocycles. The zero-order chi connectivity index (χ0) is 13.9. The summed E-state index contributed by atoms with van der Waals surface area (Å²) in [5.41, 5.74) is 2.28. The molecule has 0 bridgehead atoms. The number of hydrogen-bond acceptors (Lipinski definition) is 2. The SMILES string of the molecule is Ic1ccc(Cn2cnc(-c3cccc(I)c3)n2)cc1. The summed E-state index contributed by atoms with van der Waals surface area (Å²) >= 11 is 4.60. The van der Waals surface area contributed by atoms with E-state index < -0.39 is 0 Å². The quantitative estimate of drug-likeness (QED) is 0.519. The Morgan fingerprint density at radius 1 is 0.950 bits per heavy atom. The van der Waals surface area contributed by atoms with Crippen LogP contribution < -0.4 is 0 Å². The molecule has 0 saturated carbocycles. The van der Waals surface area contributed by atoms with Gasteiger partial charge in [0.15, 0.2) is 5.82 Å². The summed E-state index contributed by atoms with van der Waals surface area (Å²) in [6, 6.07) is 16.7. The average Bonchev–Trinajstić information content (AvgIpc) is 2.90. The first-order valence-corrected chi connectivity index (χ1v) is 8.26. The first-order chi connectivity index (χ1) is 9.70. The number of rotatable bonds is 3. The molecule has 3 aromatic rings. The molecule has 0 unspecified atom stereocenters. The molecule has 0 radical (unpaired) electrons. The lowest BCUT2D eigenvalue weighted by molar-refractivity contribution is 0.687. The third-order valence-electron chi connectivity index (χ3n) is 2.88. The minimum Gasteiger partial charge on any atom is -0.248 e. The molecule has 0 spiro atoms. The number of hydrogen-bond donors (Lipinski definition) is 0. The average molecular weight is 487 g/mol. The van der Waals surface area contributed by atoms with Crippen molar-refractivity contribution in [2.75, 3.05) is 0 Å². The van der Waals surface area contributed by atoms with E-state index in [1.54, 1.807) is 6.33 Å². The second kappa shape index (κ2) is 6.21. The Morgan fingerprint density at radius 3 is 2.50 bits per heavy atom. The highest BCUT2D eigenvalue weighted by Crippen LogP contribution is 2.17. The van der Waals surface area contributed by atoms with Gasteiger partial charge in [-0.15, -0.1) is 0 Å². The fraction of sp³-hybridized carbons (Fsp3) is 0.0667. The standard InChI is InChI=1S/C15H11I2N3/c16-13-6-4-11(5-7-13)9-20-10-18-15(19-20)12-2-1-3-14(17)8-12/h1-8,10H,9H2. The van der Waals surface area contributed by atoms with Gasteiger partial charge in [-0.2, -0.15) is 5.10 Å². The summed E-state index contributed by atoms with van der Waals surface area (Å²) in [7, 11) is 0. The van der Waals surface area contributed by atoms with E-state index in [1.807, 2.05) is 16.8 Å². The predicted octanol–water partition coefficient (Wildman–Crippen LogP) is 4.20. The third-order valence-corrected chi connectivity index (χ3v) is 4.27. The highest BCUT2D eigenvalue weighted by atomic mass is 127. The smallest absolute Gasteiger partial charge is 0.181 e. The predicted molar refractivity (Wildman–Crippen MR) is 96.4 cm³/mol. The lowest BCUT2D eigenvalue weighted by atomic mass is 10.2. The summed E-state index contributed by atoms with van der Waals surface area (Å²) in [5, 5.41) is 4.54. The van der Waals surface area contributed by atoms with Crippen molar-refractivity contribution in [2.45, 2.75) is 6.54 Å². The van der Waals surface area contributed by atoms with Crippen molar-refractivity contribution in [1.29, 1.82) is 0 Å². The summed E-state index contributed by atoms with van der Waals surface area (Å²) in [6.07, 6.45) is 1.78. The van der Waals surface area contributed by atoms with Gasteiger partial charge in [-0.1, -0.05) is 24.3 Å². The Bertz CT molecular complexity index is 720. The highest BCUT2D eigenvalue weighted by Gasteiger charge is 2.05. The monoisotopic (exact) mass is 487 g/mol. The van der Waals surface area contributed by atoms with Crippen molar-refractivity contribution in [3.05, 3.63) is 67.6 Å². The molecule has 0 aliphatic carbocycles. The first-order valence-electron chi connectivity index (χ1n) is 6.10. The van der Waals surface area contributed by atoms with E-state index in [0.29, 0.717) is 0 Å². The van der Waals surface area contributed by atoms with Crippen LogP contribution in [0.5, 0.6) is 0 Å². The third kappa shape index (κ3) is 3.38. The van der Waals surface area contributed by atoms with Crippen LogP contribution in [0.2, 0.25) is 0 Å². The molecule has 1 aromatic heterocycles. The van der Waals surface area contributed by atoms with E-state index in [9.17, 15) is 0 Å². The Labute approximate surface area is 144 Å². The van der Waals surface area contributed by atoms with Crippen LogP contribution in [0.3, 0.4) is 0 Å². The van der Waals surface area contributed by atoms with E-state index in [1.165, 1.54) is 12.7 Å². The van der Waals surface area contributed by atoms with Gasteiger partial charge in [0, 0.05) is 12.7 Å². The largest absolute Gasteiger partial charge is 0.248 e. The van der Waals surface area contributed by atoms with Gasteiger partial charge in [0.25, 0.3) is 0 Å². The zero-order valence-electron chi connectivity index (χ0n) is 10.5. The van der Waals surface area contributed by atoms with Gasteiger partial charge < -0.3 is 0 Å². The van der Waals surface area contributed by atoms with Crippen molar-refractivity contribution >= 4 is 45.2 Å². The van der Waals surface area contributed by atoms with Crippen molar-refractivity contribution < 1.29 is 0 Å². The van der Waals surface area contributed by atoms with Gasteiger partial charge in [0.05, 0.1) is 6.54 Å². The number of benzene rings is 2.